The molecule has 0 saturated heterocycles. The van der Waals surface area contributed by atoms with Gasteiger partial charge in [-0.15, -0.1) is 13.2 Å². The number of rotatable bonds is 13. The highest BCUT2D eigenvalue weighted by Crippen LogP contribution is 2.22. The van der Waals surface area contributed by atoms with E-state index in [1.54, 1.807) is 18.2 Å². The van der Waals surface area contributed by atoms with Crippen LogP contribution in [0.4, 0.5) is 0 Å². The molecule has 1 N–H and O–H groups in total. The summed E-state index contributed by atoms with van der Waals surface area (Å²) < 4.78 is 27.9. The fourth-order valence-electron chi connectivity index (χ4n) is 3.82. The van der Waals surface area contributed by atoms with E-state index in [9.17, 15) is 13.2 Å². The molecular formula is C24H37N5O3S. The van der Waals surface area contributed by atoms with Gasteiger partial charge < -0.3 is 9.88 Å². The summed E-state index contributed by atoms with van der Waals surface area (Å²) in [7, 11) is 1.34. The number of nitrogens with zero attached hydrogens (tertiary/aromatic N) is 4. The number of hydrogen-bond acceptors (Lipinski definition) is 5. The molecule has 0 spiro atoms. The third-order valence-corrected chi connectivity index (χ3v) is 7.58. The van der Waals surface area contributed by atoms with Gasteiger partial charge in [-0.25, -0.2) is 17.7 Å². The van der Waals surface area contributed by atoms with Crippen molar-refractivity contribution < 1.29 is 13.2 Å². The fourth-order valence-corrected chi connectivity index (χ4v) is 4.74. The van der Waals surface area contributed by atoms with Gasteiger partial charge in [-0.2, -0.15) is 0 Å². The van der Waals surface area contributed by atoms with Gasteiger partial charge in [-0.1, -0.05) is 26.0 Å². The molecule has 0 bridgehead atoms. The molecule has 0 unspecified atom stereocenters. The van der Waals surface area contributed by atoms with Crippen molar-refractivity contribution in [2.24, 2.45) is 13.0 Å². The van der Waals surface area contributed by atoms with Gasteiger partial charge in [0.25, 0.3) is 0 Å². The first-order valence-electron chi connectivity index (χ1n) is 11.1. The van der Waals surface area contributed by atoms with Crippen LogP contribution in [-0.2, 0) is 28.3 Å². The molecule has 0 saturated carbocycles. The molecule has 1 aromatic carbocycles. The highest BCUT2D eigenvalue weighted by Gasteiger charge is 2.22. The second-order valence-electron chi connectivity index (χ2n) is 8.67. The Morgan fingerprint density at radius 3 is 2.39 bits per heavy atom. The molecule has 1 amide bonds. The third-order valence-electron chi connectivity index (χ3n) is 5.77. The van der Waals surface area contributed by atoms with E-state index in [-0.39, 0.29) is 16.8 Å². The number of carbonyl (C=O) groups excluding carboxylic acids is 1. The summed E-state index contributed by atoms with van der Waals surface area (Å²) in [5.74, 6) is 1.05. The molecule has 2 aromatic rings. The highest BCUT2D eigenvalue weighted by atomic mass is 32.2. The summed E-state index contributed by atoms with van der Waals surface area (Å²) in [5.41, 5.74) is 1.42. The number of imidazole rings is 1. The average Bonchev–Trinajstić information content (AvgIpc) is 3.07. The zero-order valence-electron chi connectivity index (χ0n) is 20.4. The SMILES string of the molecule is C=CCN(CC=C)[C@H](CNC(=O)CCc1nc2cc(S(=O)(=O)N(C)C)ccc2n1C)C(C)C. The summed E-state index contributed by atoms with van der Waals surface area (Å²) in [6.45, 7) is 13.9. The van der Waals surface area contributed by atoms with Crippen molar-refractivity contribution in [2.45, 2.75) is 37.6 Å². The minimum atomic E-state index is -3.53. The predicted octanol–water partition coefficient (Wildman–Crippen LogP) is 2.57. The molecular weight excluding hydrogens is 438 g/mol. The second-order valence-corrected chi connectivity index (χ2v) is 10.8. The monoisotopic (exact) mass is 475 g/mol. The van der Waals surface area contributed by atoms with Crippen molar-refractivity contribution in [3.63, 3.8) is 0 Å². The maximum absolute atomic E-state index is 12.6. The Morgan fingerprint density at radius 2 is 1.85 bits per heavy atom. The fraction of sp³-hybridized carbons (Fsp3) is 0.500. The van der Waals surface area contributed by atoms with Crippen LogP contribution in [0.3, 0.4) is 0 Å². The zero-order chi connectivity index (χ0) is 24.8. The van der Waals surface area contributed by atoms with Crippen LogP contribution in [0.15, 0.2) is 48.4 Å². The summed E-state index contributed by atoms with van der Waals surface area (Å²) >= 11 is 0. The summed E-state index contributed by atoms with van der Waals surface area (Å²) in [6, 6.07) is 5.09. The molecule has 0 aliphatic rings. The number of aryl methyl sites for hydroxylation is 2. The zero-order valence-corrected chi connectivity index (χ0v) is 21.2. The Morgan fingerprint density at radius 1 is 1.21 bits per heavy atom. The lowest BCUT2D eigenvalue weighted by atomic mass is 10.0. The number of aromatic nitrogens is 2. The Hall–Kier alpha value is -2.49. The lowest BCUT2D eigenvalue weighted by Gasteiger charge is -2.33. The van der Waals surface area contributed by atoms with Gasteiger partial charge in [0.1, 0.15) is 5.82 Å². The molecule has 0 aliphatic carbocycles. The maximum atomic E-state index is 12.6. The topological polar surface area (TPSA) is 87.5 Å². The lowest BCUT2D eigenvalue weighted by molar-refractivity contribution is -0.121. The van der Waals surface area contributed by atoms with E-state index in [0.717, 1.165) is 24.4 Å². The van der Waals surface area contributed by atoms with E-state index in [1.165, 1.54) is 18.4 Å². The number of nitrogens with one attached hydrogen (secondary N) is 1. The van der Waals surface area contributed by atoms with Crippen molar-refractivity contribution in [3.05, 3.63) is 49.3 Å². The predicted molar refractivity (Wildman–Crippen MR) is 134 cm³/mol. The van der Waals surface area contributed by atoms with Crippen LogP contribution in [0.25, 0.3) is 11.0 Å². The lowest BCUT2D eigenvalue weighted by Crippen LogP contribution is -2.47. The second kappa shape index (κ2) is 11.6. The molecule has 33 heavy (non-hydrogen) atoms. The van der Waals surface area contributed by atoms with Crippen LogP contribution in [0.2, 0.25) is 0 Å². The van der Waals surface area contributed by atoms with Crippen LogP contribution in [0.5, 0.6) is 0 Å². The number of carbonyl (C=O) groups is 1. The van der Waals surface area contributed by atoms with Crippen LogP contribution in [0, 0.1) is 5.92 Å². The number of sulfonamides is 1. The normalized spacial score (nSPS) is 13.1. The first-order chi connectivity index (χ1) is 15.5. The summed E-state index contributed by atoms with van der Waals surface area (Å²) in [5, 5.41) is 3.06. The van der Waals surface area contributed by atoms with E-state index < -0.39 is 10.0 Å². The van der Waals surface area contributed by atoms with E-state index in [2.05, 4.69) is 42.2 Å². The molecule has 1 heterocycles. The van der Waals surface area contributed by atoms with E-state index in [1.807, 2.05) is 23.8 Å². The van der Waals surface area contributed by atoms with Crippen molar-refractivity contribution in [1.29, 1.82) is 0 Å². The van der Waals surface area contributed by atoms with Crippen molar-refractivity contribution in [3.8, 4) is 0 Å². The smallest absolute Gasteiger partial charge is 0.242 e. The minimum Gasteiger partial charge on any atom is -0.355 e. The number of amides is 1. The van der Waals surface area contributed by atoms with Gasteiger partial charge in [0.2, 0.25) is 15.9 Å². The van der Waals surface area contributed by atoms with Crippen LogP contribution < -0.4 is 5.32 Å². The maximum Gasteiger partial charge on any atom is 0.242 e. The van der Waals surface area contributed by atoms with E-state index in [0.29, 0.717) is 30.8 Å². The first kappa shape index (κ1) is 26.8. The first-order valence-corrected chi connectivity index (χ1v) is 12.6. The Balaban J connectivity index is 2.07. The molecule has 1 aromatic heterocycles. The Kier molecular flexibility index (Phi) is 9.39. The number of fused-ring (bicyclic) bond motifs is 1. The van der Waals surface area contributed by atoms with Gasteiger partial charge in [0.05, 0.1) is 15.9 Å². The highest BCUT2D eigenvalue weighted by molar-refractivity contribution is 7.89. The average molecular weight is 476 g/mol. The van der Waals surface area contributed by atoms with Crippen LogP contribution in [0.1, 0.15) is 26.1 Å². The van der Waals surface area contributed by atoms with Crippen molar-refractivity contribution in [1.82, 2.24) is 24.1 Å². The quantitative estimate of drug-likeness (QED) is 0.450. The number of hydrogen-bond donors (Lipinski definition) is 1. The summed E-state index contributed by atoms with van der Waals surface area (Å²) in [6.07, 6.45) is 4.49. The Labute approximate surface area is 198 Å². The molecule has 0 fully saturated rings. The summed E-state index contributed by atoms with van der Waals surface area (Å²) in [4.78, 5) is 19.6. The molecule has 2 rings (SSSR count). The molecule has 9 heteroatoms. The van der Waals surface area contributed by atoms with Crippen LogP contribution >= 0.6 is 0 Å². The molecule has 0 radical (unpaired) electrons. The van der Waals surface area contributed by atoms with Crippen molar-refractivity contribution >= 4 is 27.0 Å². The van der Waals surface area contributed by atoms with E-state index in [4.69, 9.17) is 0 Å². The Bertz CT molecular complexity index is 1080. The molecule has 182 valence electrons. The minimum absolute atomic E-state index is 0.0410. The van der Waals surface area contributed by atoms with Gasteiger partial charge >= 0.3 is 0 Å². The molecule has 0 aliphatic heterocycles. The van der Waals surface area contributed by atoms with Gasteiger partial charge in [-0.3, -0.25) is 9.69 Å². The molecule has 8 nitrogen and oxygen atoms in total. The third kappa shape index (κ3) is 6.52. The van der Waals surface area contributed by atoms with Gasteiger partial charge in [0, 0.05) is 59.7 Å². The van der Waals surface area contributed by atoms with E-state index >= 15 is 0 Å². The van der Waals surface area contributed by atoms with Gasteiger partial charge in [0.15, 0.2) is 0 Å². The molecule has 1 atom stereocenters. The largest absolute Gasteiger partial charge is 0.355 e. The number of benzene rings is 1. The van der Waals surface area contributed by atoms with Crippen molar-refractivity contribution in [2.75, 3.05) is 33.7 Å². The van der Waals surface area contributed by atoms with Gasteiger partial charge in [-0.05, 0) is 24.1 Å². The standard InChI is InChI=1S/C24H37N5O3S/c1-8-14-29(15-9-2)22(18(3)4)17-25-24(30)13-12-23-26-20-16-19(33(31,32)27(5)6)10-11-21(20)28(23)7/h8-11,16,18,22H,1-2,12-15,17H2,3-7H3,(H,25,30)/t22-/m1/s1. The van der Waals surface area contributed by atoms with Crippen LogP contribution in [-0.4, -0.2) is 72.9 Å².